The molecule has 0 aliphatic carbocycles. The van der Waals surface area contributed by atoms with Crippen LogP contribution >= 0.6 is 0 Å². The number of ether oxygens (including phenoxy) is 1. The lowest BCUT2D eigenvalue weighted by atomic mass is 10.0. The fourth-order valence-corrected chi connectivity index (χ4v) is 4.32. The summed E-state index contributed by atoms with van der Waals surface area (Å²) in [4.78, 5) is 22.3. The first-order valence-electron chi connectivity index (χ1n) is 11.5. The summed E-state index contributed by atoms with van der Waals surface area (Å²) in [6.45, 7) is 0. The summed E-state index contributed by atoms with van der Waals surface area (Å²) < 4.78 is 19.7. The van der Waals surface area contributed by atoms with Gasteiger partial charge >= 0.3 is 0 Å². The second-order valence-corrected chi connectivity index (χ2v) is 8.44. The van der Waals surface area contributed by atoms with E-state index in [9.17, 15) is 9.18 Å². The Balaban J connectivity index is 1.48. The fraction of sp³-hybridized carbons (Fsp3) is 0.103. The summed E-state index contributed by atoms with van der Waals surface area (Å²) in [6.07, 6.45) is 5.56. The van der Waals surface area contributed by atoms with Crippen molar-refractivity contribution in [3.8, 4) is 16.9 Å². The number of hydrogen-bond acceptors (Lipinski definition) is 4. The highest BCUT2D eigenvalue weighted by Crippen LogP contribution is 2.37. The summed E-state index contributed by atoms with van der Waals surface area (Å²) in [7, 11) is 3.36. The molecule has 7 heteroatoms. The van der Waals surface area contributed by atoms with Gasteiger partial charge in [-0.3, -0.25) is 9.78 Å². The molecule has 0 spiro atoms. The van der Waals surface area contributed by atoms with E-state index in [2.05, 4.69) is 15.3 Å². The molecule has 0 fully saturated rings. The third-order valence-electron chi connectivity index (χ3n) is 6.16. The van der Waals surface area contributed by atoms with Crippen molar-refractivity contribution in [2.45, 2.75) is 6.42 Å². The Kier molecular flexibility index (Phi) is 6.36. The minimum absolute atomic E-state index is 0.139. The summed E-state index contributed by atoms with van der Waals surface area (Å²) in [5.41, 5.74) is 5.67. The molecule has 2 heterocycles. The zero-order chi connectivity index (χ0) is 25.1. The van der Waals surface area contributed by atoms with Crippen molar-refractivity contribution in [2.24, 2.45) is 0 Å². The average molecular weight is 481 g/mol. The number of benzene rings is 3. The van der Waals surface area contributed by atoms with Gasteiger partial charge in [0.15, 0.2) is 11.6 Å². The Morgan fingerprint density at radius 2 is 1.94 bits per heavy atom. The van der Waals surface area contributed by atoms with Gasteiger partial charge in [-0.05, 0) is 59.7 Å². The maximum absolute atomic E-state index is 14.6. The Labute approximate surface area is 208 Å². The number of H-pyrrole nitrogens is 1. The van der Waals surface area contributed by atoms with Crippen LogP contribution in [0.25, 0.3) is 22.0 Å². The molecule has 0 bridgehead atoms. The molecular formula is C29H25FN4O2. The third kappa shape index (κ3) is 4.63. The second kappa shape index (κ2) is 9.92. The summed E-state index contributed by atoms with van der Waals surface area (Å²) >= 11 is 0. The molecular weight excluding hydrogens is 455 g/mol. The molecule has 2 N–H and O–H groups in total. The highest BCUT2D eigenvalue weighted by atomic mass is 19.1. The second-order valence-electron chi connectivity index (χ2n) is 8.44. The number of para-hydroxylation sites is 1. The molecule has 2 aromatic heterocycles. The van der Waals surface area contributed by atoms with Gasteiger partial charge in [0.2, 0.25) is 5.91 Å². The number of amides is 1. The van der Waals surface area contributed by atoms with Crippen LogP contribution in [0.4, 0.5) is 21.5 Å². The number of carbonyl (C=O) groups excluding carboxylic acids is 1. The van der Waals surface area contributed by atoms with Crippen LogP contribution in [-0.2, 0) is 11.2 Å². The van der Waals surface area contributed by atoms with Crippen LogP contribution in [0.1, 0.15) is 5.56 Å². The number of halogens is 1. The van der Waals surface area contributed by atoms with Crippen molar-refractivity contribution in [1.29, 1.82) is 0 Å². The number of aromatic nitrogens is 2. The monoisotopic (exact) mass is 480 g/mol. The van der Waals surface area contributed by atoms with E-state index in [-0.39, 0.29) is 18.1 Å². The smallest absolute Gasteiger partial charge is 0.228 e. The molecule has 36 heavy (non-hydrogen) atoms. The Bertz CT molecular complexity index is 1530. The maximum atomic E-state index is 14.6. The van der Waals surface area contributed by atoms with Gasteiger partial charge in [-0.25, -0.2) is 4.39 Å². The van der Waals surface area contributed by atoms with Crippen molar-refractivity contribution < 1.29 is 13.9 Å². The molecule has 180 valence electrons. The number of carbonyl (C=O) groups is 1. The number of methoxy groups -OCH3 is 1. The lowest BCUT2D eigenvalue weighted by molar-refractivity contribution is -0.115. The molecule has 0 aliphatic rings. The van der Waals surface area contributed by atoms with Crippen LogP contribution in [0.5, 0.6) is 5.75 Å². The SMILES string of the molecule is COc1ccc(-c2cc(NC(=O)Cc3c[nH]c4ccccc34)ccc2N(C)c2cccnc2)cc1F. The molecule has 0 unspecified atom stereocenters. The van der Waals surface area contributed by atoms with E-state index < -0.39 is 5.82 Å². The van der Waals surface area contributed by atoms with Gasteiger partial charge in [0, 0.05) is 47.3 Å². The van der Waals surface area contributed by atoms with Crippen molar-refractivity contribution in [1.82, 2.24) is 9.97 Å². The van der Waals surface area contributed by atoms with Crippen LogP contribution in [0, 0.1) is 5.82 Å². The quantitative estimate of drug-likeness (QED) is 0.286. The van der Waals surface area contributed by atoms with E-state index in [0.717, 1.165) is 33.4 Å². The fourth-order valence-electron chi connectivity index (χ4n) is 4.32. The van der Waals surface area contributed by atoms with Crippen LogP contribution in [0.3, 0.4) is 0 Å². The van der Waals surface area contributed by atoms with E-state index >= 15 is 0 Å². The first-order valence-corrected chi connectivity index (χ1v) is 11.5. The lowest BCUT2D eigenvalue weighted by Crippen LogP contribution is -2.15. The average Bonchev–Trinajstić information content (AvgIpc) is 3.31. The molecule has 0 saturated carbocycles. The minimum atomic E-state index is -0.459. The number of rotatable bonds is 7. The standard InChI is InChI=1S/C29H25FN4O2/c1-34(22-6-5-13-31-18-22)27-11-10-21(16-24(27)19-9-12-28(36-2)25(30)14-19)33-29(35)15-20-17-32-26-8-4-3-7-23(20)26/h3-14,16-18,32H,15H2,1-2H3,(H,33,35). The van der Waals surface area contributed by atoms with Gasteiger partial charge in [0.25, 0.3) is 0 Å². The van der Waals surface area contributed by atoms with Crippen molar-refractivity contribution in [2.75, 3.05) is 24.4 Å². The molecule has 5 rings (SSSR count). The first-order chi connectivity index (χ1) is 17.5. The first kappa shape index (κ1) is 23.1. The number of nitrogens with zero attached hydrogens (tertiary/aromatic N) is 2. The summed E-state index contributed by atoms with van der Waals surface area (Å²) in [6, 6.07) is 22.1. The van der Waals surface area contributed by atoms with E-state index in [1.54, 1.807) is 24.5 Å². The summed E-state index contributed by atoms with van der Waals surface area (Å²) in [5.74, 6) is -0.428. The van der Waals surface area contributed by atoms with Gasteiger partial charge in [-0.1, -0.05) is 24.3 Å². The van der Waals surface area contributed by atoms with Crippen LogP contribution < -0.4 is 15.0 Å². The molecule has 0 atom stereocenters. The molecule has 1 amide bonds. The molecule has 5 aromatic rings. The van der Waals surface area contributed by atoms with E-state index in [4.69, 9.17) is 4.74 Å². The Morgan fingerprint density at radius 1 is 1.08 bits per heavy atom. The van der Waals surface area contributed by atoms with Crippen LogP contribution in [0.2, 0.25) is 0 Å². The Hall–Kier alpha value is -4.65. The molecule has 3 aromatic carbocycles. The minimum Gasteiger partial charge on any atom is -0.494 e. The van der Waals surface area contributed by atoms with Crippen molar-refractivity contribution in [3.63, 3.8) is 0 Å². The molecule has 0 radical (unpaired) electrons. The van der Waals surface area contributed by atoms with E-state index in [1.165, 1.54) is 13.2 Å². The van der Waals surface area contributed by atoms with Gasteiger partial charge in [0.1, 0.15) is 0 Å². The predicted molar refractivity (Wildman–Crippen MR) is 141 cm³/mol. The lowest BCUT2D eigenvalue weighted by Gasteiger charge is -2.23. The third-order valence-corrected chi connectivity index (χ3v) is 6.16. The molecule has 6 nitrogen and oxygen atoms in total. The number of aromatic amines is 1. The highest BCUT2D eigenvalue weighted by molar-refractivity contribution is 5.97. The largest absolute Gasteiger partial charge is 0.494 e. The molecule has 0 saturated heterocycles. The molecule has 0 aliphatic heterocycles. The zero-order valence-corrected chi connectivity index (χ0v) is 20.0. The number of anilines is 3. The number of nitrogens with one attached hydrogen (secondary N) is 2. The topological polar surface area (TPSA) is 70.2 Å². The Morgan fingerprint density at radius 3 is 2.72 bits per heavy atom. The number of pyridine rings is 1. The van der Waals surface area contributed by atoms with Gasteiger partial charge in [-0.15, -0.1) is 0 Å². The van der Waals surface area contributed by atoms with Gasteiger partial charge < -0.3 is 19.9 Å². The predicted octanol–water partition coefficient (Wildman–Crippen LogP) is 6.33. The van der Waals surface area contributed by atoms with Crippen molar-refractivity contribution in [3.05, 3.63) is 103 Å². The summed E-state index contributed by atoms with van der Waals surface area (Å²) in [5, 5.41) is 4.02. The van der Waals surface area contributed by atoms with Crippen molar-refractivity contribution >= 4 is 33.9 Å². The van der Waals surface area contributed by atoms with E-state index in [1.807, 2.05) is 72.7 Å². The van der Waals surface area contributed by atoms with Gasteiger partial charge in [-0.2, -0.15) is 0 Å². The zero-order valence-electron chi connectivity index (χ0n) is 20.0. The number of fused-ring (bicyclic) bond motifs is 1. The van der Waals surface area contributed by atoms with Gasteiger partial charge in [0.05, 0.1) is 25.4 Å². The number of hydrogen-bond donors (Lipinski definition) is 2. The normalized spacial score (nSPS) is 10.9. The van der Waals surface area contributed by atoms with E-state index in [0.29, 0.717) is 11.3 Å². The maximum Gasteiger partial charge on any atom is 0.228 e. The highest BCUT2D eigenvalue weighted by Gasteiger charge is 2.16. The van der Waals surface area contributed by atoms with Crippen LogP contribution in [-0.4, -0.2) is 30.0 Å². The van der Waals surface area contributed by atoms with Crippen LogP contribution in [0.15, 0.2) is 91.4 Å².